The second-order valence-electron chi connectivity index (χ2n) is 9.85. The van der Waals surface area contributed by atoms with Gasteiger partial charge in [-0.25, -0.2) is 0 Å². The maximum atomic E-state index is 13.4. The molecule has 0 spiro atoms. The minimum atomic E-state index is -0.847. The van der Waals surface area contributed by atoms with Crippen molar-refractivity contribution in [2.24, 2.45) is 0 Å². The normalized spacial score (nSPS) is 24.0. The van der Waals surface area contributed by atoms with Crippen LogP contribution in [0.2, 0.25) is 0 Å². The first-order valence-corrected chi connectivity index (χ1v) is 12.5. The predicted octanol–water partition coefficient (Wildman–Crippen LogP) is 2.23. The van der Waals surface area contributed by atoms with Crippen molar-refractivity contribution in [2.75, 3.05) is 81.9 Å². The van der Waals surface area contributed by atoms with Gasteiger partial charge in [0.25, 0.3) is 5.91 Å². The molecule has 1 atom stereocenters. The number of morpholine rings is 1. The zero-order valence-electron chi connectivity index (χ0n) is 20.2. The van der Waals surface area contributed by atoms with Gasteiger partial charge in [-0.3, -0.25) is 9.69 Å². The van der Waals surface area contributed by atoms with Gasteiger partial charge in [-0.1, -0.05) is 24.3 Å². The minimum Gasteiger partial charge on any atom is -0.387 e. The predicted molar refractivity (Wildman–Crippen MR) is 135 cm³/mol. The molecule has 2 aromatic rings. The third kappa shape index (κ3) is 4.92. The third-order valence-corrected chi connectivity index (χ3v) is 7.52. The van der Waals surface area contributed by atoms with Gasteiger partial charge in [0.05, 0.1) is 25.4 Å². The summed E-state index contributed by atoms with van der Waals surface area (Å²) in [6.07, 6.45) is 0.625. The number of benzene rings is 2. The molecular formula is C27H36N4O3. The average molecular weight is 465 g/mol. The molecule has 2 aromatic carbocycles. The lowest BCUT2D eigenvalue weighted by atomic mass is 10.0. The molecule has 5 rings (SSSR count). The molecule has 1 amide bonds. The van der Waals surface area contributed by atoms with Crippen LogP contribution in [-0.4, -0.2) is 98.5 Å². The van der Waals surface area contributed by atoms with E-state index in [1.165, 1.54) is 5.69 Å². The Balaban J connectivity index is 1.19. The van der Waals surface area contributed by atoms with E-state index in [-0.39, 0.29) is 5.91 Å². The van der Waals surface area contributed by atoms with Gasteiger partial charge in [0.2, 0.25) is 0 Å². The monoisotopic (exact) mass is 464 g/mol. The van der Waals surface area contributed by atoms with Crippen LogP contribution in [0.15, 0.2) is 48.5 Å². The summed E-state index contributed by atoms with van der Waals surface area (Å²) in [5, 5.41) is 11.3. The first kappa shape index (κ1) is 23.1. The number of carbonyl (C=O) groups excluding carboxylic acids is 1. The molecule has 3 heterocycles. The van der Waals surface area contributed by atoms with Crippen LogP contribution in [0, 0.1) is 6.92 Å². The van der Waals surface area contributed by atoms with Gasteiger partial charge in [0.15, 0.2) is 0 Å². The number of likely N-dealkylation sites (tertiary alicyclic amines) is 1. The van der Waals surface area contributed by atoms with Crippen LogP contribution in [0.3, 0.4) is 0 Å². The molecule has 7 heteroatoms. The molecule has 3 saturated heterocycles. The summed E-state index contributed by atoms with van der Waals surface area (Å²) >= 11 is 0. The van der Waals surface area contributed by atoms with Crippen molar-refractivity contribution in [1.29, 1.82) is 0 Å². The molecule has 7 nitrogen and oxygen atoms in total. The Labute approximate surface area is 202 Å². The van der Waals surface area contributed by atoms with E-state index in [0.29, 0.717) is 26.1 Å². The fourth-order valence-electron chi connectivity index (χ4n) is 5.55. The summed E-state index contributed by atoms with van der Waals surface area (Å²) in [7, 11) is 0. The summed E-state index contributed by atoms with van der Waals surface area (Å²) in [6.45, 7) is 10.5. The summed E-state index contributed by atoms with van der Waals surface area (Å²) < 4.78 is 5.48. The van der Waals surface area contributed by atoms with E-state index in [0.717, 1.165) is 69.3 Å². The average Bonchev–Trinajstić information content (AvgIpc) is 3.27. The van der Waals surface area contributed by atoms with Crippen LogP contribution in [0.4, 0.5) is 11.4 Å². The number of amides is 1. The fourth-order valence-corrected chi connectivity index (χ4v) is 5.55. The first-order valence-electron chi connectivity index (χ1n) is 12.5. The van der Waals surface area contributed by atoms with E-state index in [9.17, 15) is 9.90 Å². The molecule has 0 radical (unpaired) electrons. The van der Waals surface area contributed by atoms with Gasteiger partial charge < -0.3 is 24.5 Å². The highest BCUT2D eigenvalue weighted by Gasteiger charge is 2.40. The lowest BCUT2D eigenvalue weighted by Gasteiger charge is -2.39. The van der Waals surface area contributed by atoms with Crippen molar-refractivity contribution in [3.05, 3.63) is 59.7 Å². The van der Waals surface area contributed by atoms with Crippen molar-refractivity contribution < 1.29 is 14.6 Å². The molecule has 0 bridgehead atoms. The highest BCUT2D eigenvalue weighted by atomic mass is 16.5. The van der Waals surface area contributed by atoms with Gasteiger partial charge in [0.1, 0.15) is 0 Å². The number of β-amino-alcohol motifs (C(OH)–C–C–N with tert-alkyl or cyclic N) is 1. The largest absolute Gasteiger partial charge is 0.387 e. The van der Waals surface area contributed by atoms with Crippen molar-refractivity contribution in [1.82, 2.24) is 9.80 Å². The minimum absolute atomic E-state index is 0.0254. The molecule has 3 aliphatic rings. The number of para-hydroxylation sites is 1. The maximum Gasteiger partial charge on any atom is 0.254 e. The summed E-state index contributed by atoms with van der Waals surface area (Å²) in [6, 6.07) is 16.5. The molecule has 0 aliphatic carbocycles. The number of piperazine rings is 1. The zero-order chi connectivity index (χ0) is 23.5. The van der Waals surface area contributed by atoms with Gasteiger partial charge in [-0.15, -0.1) is 0 Å². The fraction of sp³-hybridized carbons (Fsp3) is 0.519. The molecule has 182 valence electrons. The van der Waals surface area contributed by atoms with Crippen LogP contribution in [0.25, 0.3) is 0 Å². The third-order valence-electron chi connectivity index (χ3n) is 7.52. The van der Waals surface area contributed by atoms with Crippen LogP contribution in [-0.2, 0) is 4.74 Å². The van der Waals surface area contributed by atoms with E-state index < -0.39 is 5.60 Å². The van der Waals surface area contributed by atoms with Crippen LogP contribution < -0.4 is 9.80 Å². The Morgan fingerprint density at radius 3 is 2.38 bits per heavy atom. The topological polar surface area (TPSA) is 59.5 Å². The lowest BCUT2D eigenvalue weighted by molar-refractivity contribution is 0.0103. The van der Waals surface area contributed by atoms with Gasteiger partial charge in [-0.2, -0.15) is 0 Å². The van der Waals surface area contributed by atoms with E-state index in [2.05, 4.69) is 45.0 Å². The second kappa shape index (κ2) is 9.94. The summed E-state index contributed by atoms with van der Waals surface area (Å²) in [5.41, 5.74) is 3.28. The maximum absolute atomic E-state index is 13.4. The molecule has 3 aliphatic heterocycles. The lowest BCUT2D eigenvalue weighted by Crippen LogP contribution is -2.53. The number of nitrogens with zero attached hydrogens (tertiary/aromatic N) is 4. The number of rotatable bonds is 5. The number of carbonyl (C=O) groups is 1. The van der Waals surface area contributed by atoms with E-state index in [4.69, 9.17) is 4.74 Å². The molecule has 1 unspecified atom stereocenters. The Hall–Kier alpha value is -2.61. The van der Waals surface area contributed by atoms with Crippen molar-refractivity contribution >= 4 is 17.3 Å². The number of hydrogen-bond acceptors (Lipinski definition) is 6. The standard InChI is InChI=1S/C27H36N4O3/c1-22-24(8-5-9-25(22)30-16-18-34-19-17-30)26(32)31-11-10-27(33,21-31)20-28-12-14-29(15-13-28)23-6-3-2-4-7-23/h2-9,33H,10-21H2,1H3. The van der Waals surface area contributed by atoms with E-state index in [1.807, 2.05) is 30.0 Å². The van der Waals surface area contributed by atoms with E-state index in [1.54, 1.807) is 0 Å². The van der Waals surface area contributed by atoms with Crippen molar-refractivity contribution in [3.63, 3.8) is 0 Å². The smallest absolute Gasteiger partial charge is 0.254 e. The summed E-state index contributed by atoms with van der Waals surface area (Å²) in [4.78, 5) is 22.3. The van der Waals surface area contributed by atoms with E-state index >= 15 is 0 Å². The summed E-state index contributed by atoms with van der Waals surface area (Å²) in [5.74, 6) is 0.0254. The van der Waals surface area contributed by atoms with Crippen LogP contribution >= 0.6 is 0 Å². The molecule has 1 N–H and O–H groups in total. The first-order chi connectivity index (χ1) is 16.5. The van der Waals surface area contributed by atoms with Crippen molar-refractivity contribution in [3.8, 4) is 0 Å². The van der Waals surface area contributed by atoms with Gasteiger partial charge in [-0.05, 0) is 43.2 Å². The Morgan fingerprint density at radius 1 is 0.912 bits per heavy atom. The highest BCUT2D eigenvalue weighted by Crippen LogP contribution is 2.29. The molecular weight excluding hydrogens is 428 g/mol. The number of aliphatic hydroxyl groups is 1. The molecule has 0 aromatic heterocycles. The van der Waals surface area contributed by atoms with Crippen LogP contribution in [0.5, 0.6) is 0 Å². The van der Waals surface area contributed by atoms with Crippen molar-refractivity contribution in [2.45, 2.75) is 18.9 Å². The van der Waals surface area contributed by atoms with Gasteiger partial charge in [0, 0.05) is 69.3 Å². The SMILES string of the molecule is Cc1c(C(=O)N2CCC(O)(CN3CCN(c4ccccc4)CC3)C2)cccc1N1CCOCC1. The Bertz CT molecular complexity index is 987. The Kier molecular flexibility index (Phi) is 6.77. The second-order valence-corrected chi connectivity index (χ2v) is 9.85. The molecule has 3 fully saturated rings. The number of hydrogen-bond donors (Lipinski definition) is 1. The highest BCUT2D eigenvalue weighted by molar-refractivity contribution is 5.97. The zero-order valence-corrected chi connectivity index (χ0v) is 20.2. The van der Waals surface area contributed by atoms with Crippen LogP contribution in [0.1, 0.15) is 22.3 Å². The number of anilines is 2. The molecule has 34 heavy (non-hydrogen) atoms. The van der Waals surface area contributed by atoms with Gasteiger partial charge >= 0.3 is 0 Å². The molecule has 0 saturated carbocycles. The quantitative estimate of drug-likeness (QED) is 0.733. The Morgan fingerprint density at radius 2 is 1.65 bits per heavy atom. The number of ether oxygens (including phenoxy) is 1.